The van der Waals surface area contributed by atoms with Crippen molar-refractivity contribution in [2.45, 2.75) is 6.92 Å². The van der Waals surface area contributed by atoms with Crippen molar-refractivity contribution in [3.05, 3.63) is 46.6 Å². The van der Waals surface area contributed by atoms with Crippen LogP contribution in [0.15, 0.2) is 45.4 Å². The fraction of sp³-hybridized carbons (Fsp3) is 0.200. The Morgan fingerprint density at radius 3 is 2.23 bits per heavy atom. The Kier molecular flexibility index (Phi) is 5.40. The lowest BCUT2D eigenvalue weighted by Gasteiger charge is -2.12. The molecule has 0 aliphatic heterocycles. The smallest absolute Gasteiger partial charge is 0.280 e. The van der Waals surface area contributed by atoms with Gasteiger partial charge in [0.15, 0.2) is 17.2 Å². The summed E-state index contributed by atoms with van der Waals surface area (Å²) < 4.78 is 24.3. The third kappa shape index (κ3) is 3.50. The zero-order chi connectivity index (χ0) is 21.3. The average molecular weight is 472 g/mol. The number of aromatic nitrogens is 5. The van der Waals surface area contributed by atoms with Gasteiger partial charge >= 0.3 is 0 Å². The molecule has 0 spiro atoms. The van der Waals surface area contributed by atoms with Gasteiger partial charge < -0.3 is 18.7 Å². The summed E-state index contributed by atoms with van der Waals surface area (Å²) in [5.74, 6) is 2.10. The molecule has 0 fully saturated rings. The number of methoxy groups -OCH3 is 3. The van der Waals surface area contributed by atoms with E-state index < -0.39 is 0 Å². The van der Waals surface area contributed by atoms with Crippen molar-refractivity contribution in [2.75, 3.05) is 21.3 Å². The Labute approximate surface area is 180 Å². The molecule has 2 heterocycles. The lowest BCUT2D eigenvalue weighted by Crippen LogP contribution is -1.98. The molecule has 0 N–H and O–H groups in total. The molecule has 0 aliphatic carbocycles. The number of hydrogen-bond donors (Lipinski definition) is 0. The number of halogens is 1. The molecule has 0 aliphatic rings. The highest BCUT2D eigenvalue weighted by atomic mass is 79.9. The van der Waals surface area contributed by atoms with Gasteiger partial charge in [-0.2, -0.15) is 4.98 Å². The molecule has 0 radical (unpaired) electrons. The normalized spacial score (nSPS) is 10.8. The molecule has 4 rings (SSSR count). The third-order valence-electron chi connectivity index (χ3n) is 4.52. The van der Waals surface area contributed by atoms with E-state index in [0.29, 0.717) is 34.3 Å². The maximum absolute atomic E-state index is 5.46. The van der Waals surface area contributed by atoms with Crippen LogP contribution in [0.2, 0.25) is 0 Å². The maximum atomic E-state index is 5.46. The summed E-state index contributed by atoms with van der Waals surface area (Å²) in [6.07, 6.45) is 0. The van der Waals surface area contributed by atoms with Crippen molar-refractivity contribution in [3.63, 3.8) is 0 Å². The van der Waals surface area contributed by atoms with Gasteiger partial charge in [-0.05, 0) is 43.3 Å². The van der Waals surface area contributed by atoms with Gasteiger partial charge in [0.1, 0.15) is 0 Å². The Morgan fingerprint density at radius 1 is 0.967 bits per heavy atom. The average Bonchev–Trinajstić information content (AvgIpc) is 3.40. The van der Waals surface area contributed by atoms with E-state index in [9.17, 15) is 0 Å². The first-order chi connectivity index (χ1) is 14.5. The van der Waals surface area contributed by atoms with Crippen LogP contribution in [0.3, 0.4) is 0 Å². The van der Waals surface area contributed by atoms with Gasteiger partial charge in [0.05, 0.1) is 32.7 Å². The fourth-order valence-corrected chi connectivity index (χ4v) is 3.27. The number of ether oxygens (including phenoxy) is 3. The van der Waals surface area contributed by atoms with Crippen LogP contribution >= 0.6 is 15.9 Å². The zero-order valence-electron chi connectivity index (χ0n) is 16.7. The van der Waals surface area contributed by atoms with Crippen LogP contribution in [0.25, 0.3) is 28.7 Å². The van der Waals surface area contributed by atoms with Crippen LogP contribution in [-0.2, 0) is 0 Å². The van der Waals surface area contributed by atoms with E-state index >= 15 is 0 Å². The summed E-state index contributed by atoms with van der Waals surface area (Å²) in [5.41, 5.74) is 2.80. The summed E-state index contributed by atoms with van der Waals surface area (Å²) in [4.78, 5) is 4.49. The SMILES string of the molecule is COc1cc(-c2noc(-c3nnn(-c4ccc(Br)cc4)c3C)n2)cc(OC)c1OC. The molecular weight excluding hydrogens is 454 g/mol. The quantitative estimate of drug-likeness (QED) is 0.414. The molecular formula is C20H18BrN5O4. The molecule has 0 saturated carbocycles. The Hall–Kier alpha value is -3.40. The van der Waals surface area contributed by atoms with Gasteiger partial charge in [0.2, 0.25) is 11.6 Å². The van der Waals surface area contributed by atoms with E-state index in [4.69, 9.17) is 18.7 Å². The van der Waals surface area contributed by atoms with Gasteiger partial charge in [0.25, 0.3) is 5.89 Å². The van der Waals surface area contributed by atoms with Crippen molar-refractivity contribution < 1.29 is 18.7 Å². The van der Waals surface area contributed by atoms with Crippen LogP contribution < -0.4 is 14.2 Å². The lowest BCUT2D eigenvalue weighted by molar-refractivity contribution is 0.324. The molecule has 2 aromatic carbocycles. The topological polar surface area (TPSA) is 97.3 Å². The first-order valence-electron chi connectivity index (χ1n) is 8.88. The Morgan fingerprint density at radius 2 is 1.63 bits per heavy atom. The van der Waals surface area contributed by atoms with Gasteiger partial charge in [-0.1, -0.05) is 26.3 Å². The van der Waals surface area contributed by atoms with Crippen LogP contribution in [0, 0.1) is 6.92 Å². The van der Waals surface area contributed by atoms with Crippen LogP contribution in [0.4, 0.5) is 0 Å². The van der Waals surface area contributed by atoms with E-state index in [1.165, 1.54) is 0 Å². The van der Waals surface area contributed by atoms with Crippen molar-refractivity contribution in [1.82, 2.24) is 25.1 Å². The van der Waals surface area contributed by atoms with Crippen molar-refractivity contribution >= 4 is 15.9 Å². The summed E-state index contributed by atoms with van der Waals surface area (Å²) in [5, 5.41) is 12.5. The summed E-state index contributed by atoms with van der Waals surface area (Å²) in [6.45, 7) is 1.89. The minimum Gasteiger partial charge on any atom is -0.493 e. The summed E-state index contributed by atoms with van der Waals surface area (Å²) >= 11 is 3.43. The standard InChI is InChI=1S/C20H18BrN5O4/c1-11-17(23-25-26(11)14-7-5-13(21)6-8-14)20-22-19(24-30-20)12-9-15(27-2)18(29-4)16(10-12)28-3/h5-10H,1-4H3. The second-order valence-corrected chi connectivity index (χ2v) is 7.16. The third-order valence-corrected chi connectivity index (χ3v) is 5.05. The first-order valence-corrected chi connectivity index (χ1v) is 9.67. The molecule has 9 nitrogen and oxygen atoms in total. The Balaban J connectivity index is 1.71. The van der Waals surface area contributed by atoms with Crippen LogP contribution in [0.5, 0.6) is 17.2 Å². The van der Waals surface area contributed by atoms with Gasteiger partial charge in [-0.15, -0.1) is 5.10 Å². The van der Waals surface area contributed by atoms with Crippen molar-refractivity contribution in [2.24, 2.45) is 0 Å². The van der Waals surface area contributed by atoms with E-state index in [0.717, 1.165) is 15.9 Å². The summed E-state index contributed by atoms with van der Waals surface area (Å²) in [6, 6.07) is 11.2. The van der Waals surface area contributed by atoms with E-state index in [1.807, 2.05) is 31.2 Å². The predicted molar refractivity (Wildman–Crippen MR) is 112 cm³/mol. The highest BCUT2D eigenvalue weighted by Gasteiger charge is 2.21. The number of rotatable bonds is 6. The molecule has 10 heteroatoms. The Bertz CT molecular complexity index is 1160. The van der Waals surface area contributed by atoms with Crippen LogP contribution in [0.1, 0.15) is 5.69 Å². The lowest BCUT2D eigenvalue weighted by atomic mass is 10.1. The predicted octanol–water partition coefficient (Wildman–Crippen LogP) is 4.08. The molecule has 30 heavy (non-hydrogen) atoms. The highest BCUT2D eigenvalue weighted by Crippen LogP contribution is 2.40. The second kappa shape index (κ2) is 8.15. The molecule has 0 amide bonds. The number of nitrogens with zero attached hydrogens (tertiary/aromatic N) is 5. The molecule has 2 aromatic heterocycles. The minimum absolute atomic E-state index is 0.264. The largest absolute Gasteiger partial charge is 0.493 e. The van der Waals surface area contributed by atoms with E-state index in [-0.39, 0.29) is 5.89 Å². The molecule has 154 valence electrons. The van der Waals surface area contributed by atoms with Crippen molar-refractivity contribution in [3.8, 4) is 45.9 Å². The monoisotopic (exact) mass is 471 g/mol. The molecule has 0 saturated heterocycles. The highest BCUT2D eigenvalue weighted by molar-refractivity contribution is 9.10. The van der Waals surface area contributed by atoms with E-state index in [2.05, 4.69) is 36.4 Å². The second-order valence-electron chi connectivity index (χ2n) is 6.25. The van der Waals surface area contributed by atoms with Gasteiger partial charge in [-0.3, -0.25) is 0 Å². The molecule has 4 aromatic rings. The maximum Gasteiger partial charge on any atom is 0.280 e. The number of benzene rings is 2. The van der Waals surface area contributed by atoms with Crippen molar-refractivity contribution in [1.29, 1.82) is 0 Å². The first kappa shape index (κ1) is 19.9. The molecule has 0 bridgehead atoms. The van der Waals surface area contributed by atoms with Gasteiger partial charge in [0, 0.05) is 10.0 Å². The van der Waals surface area contributed by atoms with Gasteiger partial charge in [-0.25, -0.2) is 4.68 Å². The van der Waals surface area contributed by atoms with Crippen LogP contribution in [-0.4, -0.2) is 46.5 Å². The van der Waals surface area contributed by atoms with E-state index in [1.54, 1.807) is 38.1 Å². The fourth-order valence-electron chi connectivity index (χ4n) is 3.00. The molecule has 0 unspecified atom stereocenters. The minimum atomic E-state index is 0.264. The summed E-state index contributed by atoms with van der Waals surface area (Å²) in [7, 11) is 4.64. The molecule has 0 atom stereocenters. The number of hydrogen-bond acceptors (Lipinski definition) is 8. The zero-order valence-corrected chi connectivity index (χ0v) is 18.3.